The van der Waals surface area contributed by atoms with E-state index in [0.29, 0.717) is 24.6 Å². The minimum Gasteiger partial charge on any atom is -0.457 e. The molecular formula is C27H28N6O2. The number of nitrogens with two attached hydrogens (primary N) is 1. The Labute approximate surface area is 204 Å². The maximum Gasteiger partial charge on any atom is 0.246 e. The van der Waals surface area contributed by atoms with Crippen molar-refractivity contribution in [2.45, 2.75) is 32.7 Å². The Hall–Kier alpha value is -4.20. The topological polar surface area (TPSA) is 99.2 Å². The van der Waals surface area contributed by atoms with Crippen LogP contribution in [-0.2, 0) is 4.79 Å². The Morgan fingerprint density at radius 1 is 1.14 bits per heavy atom. The highest BCUT2D eigenvalue weighted by atomic mass is 16.5. The summed E-state index contributed by atoms with van der Waals surface area (Å²) in [4.78, 5) is 22.9. The summed E-state index contributed by atoms with van der Waals surface area (Å²) in [5.41, 5.74) is 10.8. The number of anilines is 1. The summed E-state index contributed by atoms with van der Waals surface area (Å²) < 4.78 is 7.98. The van der Waals surface area contributed by atoms with Gasteiger partial charge in [-0.1, -0.05) is 24.8 Å². The standard InChI is InChI=1S/C27H28N6O2/c1-4-22(34)32-12-8-9-19(15-32)33-27-24(26(28)29-16-30-27)25(31-33)23-17(2)13-21(14-18(23)3)35-20-10-6-5-7-11-20/h4-7,10-11,13-14,16,19H,1,8-9,12,15H2,2-3H3,(H2,28,29,30)/t19-/m1/s1. The van der Waals surface area contributed by atoms with Crippen molar-refractivity contribution in [3.63, 3.8) is 0 Å². The molecule has 2 aromatic heterocycles. The van der Waals surface area contributed by atoms with Gasteiger partial charge >= 0.3 is 0 Å². The number of benzene rings is 2. The fraction of sp³-hybridized carbons (Fsp3) is 0.259. The summed E-state index contributed by atoms with van der Waals surface area (Å²) in [6, 6.07) is 13.7. The predicted molar refractivity (Wildman–Crippen MR) is 136 cm³/mol. The Bertz CT molecular complexity index is 1390. The van der Waals surface area contributed by atoms with Crippen LogP contribution < -0.4 is 10.5 Å². The number of hydrogen-bond acceptors (Lipinski definition) is 6. The molecule has 5 rings (SSSR count). The minimum absolute atomic E-state index is 0.0144. The third-order valence-electron chi connectivity index (χ3n) is 6.47. The number of hydrogen-bond donors (Lipinski definition) is 1. The average Bonchev–Trinajstić information content (AvgIpc) is 3.24. The molecule has 35 heavy (non-hydrogen) atoms. The third kappa shape index (κ3) is 4.23. The van der Waals surface area contributed by atoms with Crippen LogP contribution >= 0.6 is 0 Å². The van der Waals surface area contributed by atoms with Crippen LogP contribution in [0.3, 0.4) is 0 Å². The number of amides is 1. The Morgan fingerprint density at radius 2 is 1.89 bits per heavy atom. The second-order valence-corrected chi connectivity index (χ2v) is 8.88. The first kappa shape index (κ1) is 22.6. The number of carbonyl (C=O) groups is 1. The number of rotatable bonds is 5. The van der Waals surface area contributed by atoms with Gasteiger partial charge < -0.3 is 15.4 Å². The van der Waals surface area contributed by atoms with Crippen molar-refractivity contribution >= 4 is 22.8 Å². The van der Waals surface area contributed by atoms with Gasteiger partial charge in [0.05, 0.1) is 11.4 Å². The molecule has 0 unspecified atom stereocenters. The van der Waals surface area contributed by atoms with E-state index in [9.17, 15) is 4.79 Å². The van der Waals surface area contributed by atoms with Crippen molar-refractivity contribution in [1.29, 1.82) is 0 Å². The molecule has 0 bridgehead atoms. The van der Waals surface area contributed by atoms with Crippen molar-refractivity contribution in [2.24, 2.45) is 0 Å². The largest absolute Gasteiger partial charge is 0.457 e. The quantitative estimate of drug-likeness (QED) is 0.421. The van der Waals surface area contributed by atoms with Gasteiger partial charge in [-0.05, 0) is 68.2 Å². The normalized spacial score (nSPS) is 15.8. The SMILES string of the molecule is C=CC(=O)N1CCC[C@@H](n2nc(-c3c(C)cc(Oc4ccccc4)cc3C)c3c(N)ncnc32)C1. The van der Waals surface area contributed by atoms with E-state index < -0.39 is 0 Å². The smallest absolute Gasteiger partial charge is 0.246 e. The summed E-state index contributed by atoms with van der Waals surface area (Å²) in [6.45, 7) is 8.97. The van der Waals surface area contributed by atoms with Gasteiger partial charge in [0, 0.05) is 18.7 Å². The van der Waals surface area contributed by atoms with Gasteiger partial charge in [0.25, 0.3) is 0 Å². The molecule has 1 aliphatic heterocycles. The molecule has 4 aromatic rings. The maximum atomic E-state index is 12.3. The van der Waals surface area contributed by atoms with E-state index >= 15 is 0 Å². The number of ether oxygens (including phenoxy) is 1. The third-order valence-corrected chi connectivity index (χ3v) is 6.47. The fourth-order valence-corrected chi connectivity index (χ4v) is 4.89. The Morgan fingerprint density at radius 3 is 2.60 bits per heavy atom. The average molecular weight is 469 g/mol. The minimum atomic E-state index is -0.0683. The van der Waals surface area contributed by atoms with E-state index in [2.05, 4.69) is 16.5 Å². The Kier molecular flexibility index (Phi) is 5.94. The van der Waals surface area contributed by atoms with E-state index in [0.717, 1.165) is 52.1 Å². The van der Waals surface area contributed by atoms with Crippen LogP contribution in [0.4, 0.5) is 5.82 Å². The number of likely N-dealkylation sites (tertiary alicyclic amines) is 1. The van der Waals surface area contributed by atoms with Crippen LogP contribution in [0, 0.1) is 13.8 Å². The van der Waals surface area contributed by atoms with Gasteiger partial charge in [0.1, 0.15) is 29.3 Å². The summed E-state index contributed by atoms with van der Waals surface area (Å²) in [5, 5.41) is 5.75. The van der Waals surface area contributed by atoms with Gasteiger partial charge in [-0.3, -0.25) is 4.79 Å². The molecule has 3 heterocycles. The summed E-state index contributed by atoms with van der Waals surface area (Å²) in [5.74, 6) is 1.85. The lowest BCUT2D eigenvalue weighted by Gasteiger charge is -2.32. The number of aryl methyl sites for hydroxylation is 2. The van der Waals surface area contributed by atoms with Crippen molar-refractivity contribution < 1.29 is 9.53 Å². The number of para-hydroxylation sites is 1. The lowest BCUT2D eigenvalue weighted by molar-refractivity contribution is -0.127. The Balaban J connectivity index is 1.59. The molecular weight excluding hydrogens is 440 g/mol. The van der Waals surface area contributed by atoms with Crippen molar-refractivity contribution in [2.75, 3.05) is 18.8 Å². The first-order chi connectivity index (χ1) is 17.0. The molecule has 0 aliphatic carbocycles. The van der Waals surface area contributed by atoms with Crippen LogP contribution in [0.15, 0.2) is 61.4 Å². The molecule has 8 heteroatoms. The second kappa shape index (κ2) is 9.21. The number of carbonyl (C=O) groups excluding carboxylic acids is 1. The van der Waals surface area contributed by atoms with E-state index in [1.165, 1.54) is 12.4 Å². The lowest BCUT2D eigenvalue weighted by atomic mass is 9.98. The van der Waals surface area contributed by atoms with E-state index in [4.69, 9.17) is 15.6 Å². The highest BCUT2D eigenvalue weighted by molar-refractivity contribution is 5.99. The number of nitrogen functional groups attached to an aromatic ring is 1. The summed E-state index contributed by atoms with van der Waals surface area (Å²) in [6.07, 6.45) is 4.60. The highest BCUT2D eigenvalue weighted by Crippen LogP contribution is 2.38. The van der Waals surface area contributed by atoms with Gasteiger partial charge in [0.15, 0.2) is 5.65 Å². The second-order valence-electron chi connectivity index (χ2n) is 8.88. The summed E-state index contributed by atoms with van der Waals surface area (Å²) in [7, 11) is 0. The molecule has 2 N–H and O–H groups in total. The fourth-order valence-electron chi connectivity index (χ4n) is 4.89. The molecule has 0 radical (unpaired) electrons. The van der Waals surface area contributed by atoms with Gasteiger partial charge in [0.2, 0.25) is 5.91 Å². The van der Waals surface area contributed by atoms with Crippen LogP contribution in [0.1, 0.15) is 30.0 Å². The first-order valence-corrected chi connectivity index (χ1v) is 11.7. The van der Waals surface area contributed by atoms with E-state index in [1.807, 2.05) is 65.9 Å². The molecule has 8 nitrogen and oxygen atoms in total. The zero-order chi connectivity index (χ0) is 24.5. The van der Waals surface area contributed by atoms with Crippen molar-refractivity contribution in [3.05, 3.63) is 72.6 Å². The molecule has 0 spiro atoms. The molecule has 0 saturated carbocycles. The van der Waals surface area contributed by atoms with Crippen LogP contribution in [0.5, 0.6) is 11.5 Å². The molecule has 178 valence electrons. The van der Waals surface area contributed by atoms with Crippen LogP contribution in [0.2, 0.25) is 0 Å². The van der Waals surface area contributed by atoms with E-state index in [1.54, 1.807) is 0 Å². The number of aromatic nitrogens is 4. The van der Waals surface area contributed by atoms with Gasteiger partial charge in [-0.15, -0.1) is 0 Å². The number of fused-ring (bicyclic) bond motifs is 1. The number of piperidine rings is 1. The summed E-state index contributed by atoms with van der Waals surface area (Å²) >= 11 is 0. The predicted octanol–water partition coefficient (Wildman–Crippen LogP) is 4.83. The monoisotopic (exact) mass is 468 g/mol. The number of nitrogens with zero attached hydrogens (tertiary/aromatic N) is 5. The van der Waals surface area contributed by atoms with E-state index in [-0.39, 0.29) is 11.9 Å². The molecule has 1 fully saturated rings. The van der Waals surface area contributed by atoms with Crippen LogP contribution in [0.25, 0.3) is 22.3 Å². The van der Waals surface area contributed by atoms with Gasteiger partial charge in [-0.2, -0.15) is 5.10 Å². The molecule has 1 saturated heterocycles. The highest BCUT2D eigenvalue weighted by Gasteiger charge is 2.28. The maximum absolute atomic E-state index is 12.3. The zero-order valence-electron chi connectivity index (χ0n) is 19.9. The molecule has 1 atom stereocenters. The first-order valence-electron chi connectivity index (χ1n) is 11.7. The molecule has 1 aliphatic rings. The van der Waals surface area contributed by atoms with Crippen molar-refractivity contribution in [3.8, 4) is 22.8 Å². The zero-order valence-corrected chi connectivity index (χ0v) is 19.9. The lowest BCUT2D eigenvalue weighted by Crippen LogP contribution is -2.40. The molecule has 1 amide bonds. The van der Waals surface area contributed by atoms with Gasteiger partial charge in [-0.25, -0.2) is 14.6 Å². The van der Waals surface area contributed by atoms with Crippen LogP contribution in [-0.4, -0.2) is 43.6 Å². The van der Waals surface area contributed by atoms with Crippen molar-refractivity contribution in [1.82, 2.24) is 24.6 Å². The molecule has 2 aromatic carbocycles.